The Labute approximate surface area is 190 Å². The van der Waals surface area contributed by atoms with Gasteiger partial charge in [-0.25, -0.2) is 4.98 Å². The van der Waals surface area contributed by atoms with Gasteiger partial charge in [0, 0.05) is 57.1 Å². The number of guanidine groups is 1. The normalized spacial score (nSPS) is 18.8. The first-order chi connectivity index (χ1) is 13.7. The molecule has 158 valence electrons. The number of halogens is 1. The van der Waals surface area contributed by atoms with Crippen LogP contribution < -0.4 is 20.3 Å². The van der Waals surface area contributed by atoms with E-state index in [1.807, 2.05) is 19.2 Å². The third-order valence-corrected chi connectivity index (χ3v) is 5.57. The van der Waals surface area contributed by atoms with Crippen molar-refractivity contribution in [2.24, 2.45) is 4.99 Å². The summed E-state index contributed by atoms with van der Waals surface area (Å²) in [5.41, 5.74) is 2.29. The molecule has 1 atom stereocenters. The highest BCUT2D eigenvalue weighted by molar-refractivity contribution is 14.0. The molecule has 1 aromatic heterocycles. The van der Waals surface area contributed by atoms with Crippen molar-refractivity contribution in [1.29, 1.82) is 0 Å². The lowest BCUT2D eigenvalue weighted by Crippen LogP contribution is -2.44. The highest BCUT2D eigenvalue weighted by Gasteiger charge is 2.24. The standard InChI is InChI=1S/C21H30N6O.HI/c1-22-21(23-13-17-15-27-10-4-3-8-20(27)24-17)25-16-9-11-26(14-16)18-6-5-7-19(12-18)28-2;/h5-7,12,15-16H,3-4,8-11,13-14H2,1-2H3,(H2,22,23,25);1H. The van der Waals surface area contributed by atoms with Gasteiger partial charge < -0.3 is 24.8 Å². The van der Waals surface area contributed by atoms with Crippen molar-refractivity contribution in [3.63, 3.8) is 0 Å². The zero-order valence-corrected chi connectivity index (χ0v) is 19.6. The summed E-state index contributed by atoms with van der Waals surface area (Å²) >= 11 is 0. The quantitative estimate of drug-likeness (QED) is 0.368. The molecule has 2 N–H and O–H groups in total. The Kier molecular flexibility index (Phi) is 7.63. The maximum atomic E-state index is 5.35. The van der Waals surface area contributed by atoms with Crippen LogP contribution in [0.1, 0.15) is 30.8 Å². The number of aromatic nitrogens is 2. The van der Waals surface area contributed by atoms with Gasteiger partial charge in [0.05, 0.1) is 19.3 Å². The summed E-state index contributed by atoms with van der Waals surface area (Å²) in [7, 11) is 3.53. The minimum absolute atomic E-state index is 0. The lowest BCUT2D eigenvalue weighted by atomic mass is 10.2. The number of benzene rings is 1. The molecule has 3 heterocycles. The topological polar surface area (TPSA) is 66.7 Å². The van der Waals surface area contributed by atoms with E-state index in [1.165, 1.54) is 24.4 Å². The number of hydrogen-bond acceptors (Lipinski definition) is 4. The Morgan fingerprint density at radius 1 is 1.31 bits per heavy atom. The van der Waals surface area contributed by atoms with Gasteiger partial charge in [-0.3, -0.25) is 4.99 Å². The SMILES string of the molecule is CN=C(NCc1cn2c(n1)CCCC2)NC1CCN(c2cccc(OC)c2)C1.I. The smallest absolute Gasteiger partial charge is 0.191 e. The number of hydrogen-bond donors (Lipinski definition) is 2. The number of nitrogens with one attached hydrogen (secondary N) is 2. The lowest BCUT2D eigenvalue weighted by molar-refractivity contribution is 0.415. The molecule has 1 saturated heterocycles. The number of fused-ring (bicyclic) bond motifs is 1. The van der Waals surface area contributed by atoms with Crippen LogP contribution >= 0.6 is 24.0 Å². The fraction of sp³-hybridized carbons (Fsp3) is 0.524. The molecule has 0 bridgehead atoms. The zero-order chi connectivity index (χ0) is 19.3. The van der Waals surface area contributed by atoms with Gasteiger partial charge in [-0.05, 0) is 31.4 Å². The predicted molar refractivity (Wildman–Crippen MR) is 128 cm³/mol. The van der Waals surface area contributed by atoms with Crippen LogP contribution in [0.25, 0.3) is 0 Å². The average Bonchev–Trinajstić information content (AvgIpc) is 3.37. The molecule has 7 nitrogen and oxygen atoms in total. The molecular weight excluding hydrogens is 479 g/mol. The second-order valence-electron chi connectivity index (χ2n) is 7.50. The van der Waals surface area contributed by atoms with E-state index >= 15 is 0 Å². The first-order valence-electron chi connectivity index (χ1n) is 10.2. The van der Waals surface area contributed by atoms with E-state index in [9.17, 15) is 0 Å². The fourth-order valence-electron chi connectivity index (χ4n) is 4.04. The Morgan fingerprint density at radius 2 is 2.21 bits per heavy atom. The predicted octanol–water partition coefficient (Wildman–Crippen LogP) is 2.79. The number of aliphatic imine (C=N–C) groups is 1. The Balaban J connectivity index is 0.00000240. The molecule has 2 aliphatic rings. The molecule has 1 unspecified atom stereocenters. The number of imidazole rings is 1. The van der Waals surface area contributed by atoms with Gasteiger partial charge in [0.1, 0.15) is 11.6 Å². The van der Waals surface area contributed by atoms with Gasteiger partial charge in [0.15, 0.2) is 5.96 Å². The Bertz CT molecular complexity index is 813. The van der Waals surface area contributed by atoms with Crippen LogP contribution in [0.3, 0.4) is 0 Å². The second-order valence-corrected chi connectivity index (χ2v) is 7.50. The molecule has 0 radical (unpaired) electrons. The summed E-state index contributed by atoms with van der Waals surface area (Å²) in [5.74, 6) is 2.95. The van der Waals surface area contributed by atoms with Gasteiger partial charge >= 0.3 is 0 Å². The first-order valence-corrected chi connectivity index (χ1v) is 10.2. The van der Waals surface area contributed by atoms with Crippen LogP contribution in [-0.2, 0) is 19.5 Å². The lowest BCUT2D eigenvalue weighted by Gasteiger charge is -2.20. The number of rotatable bonds is 5. The molecule has 8 heteroatoms. The molecule has 0 saturated carbocycles. The Morgan fingerprint density at radius 3 is 3.00 bits per heavy atom. The minimum atomic E-state index is 0. The maximum Gasteiger partial charge on any atom is 0.191 e. The molecule has 4 rings (SSSR count). The maximum absolute atomic E-state index is 5.35. The van der Waals surface area contributed by atoms with Crippen LogP contribution in [0.15, 0.2) is 35.5 Å². The summed E-state index contributed by atoms with van der Waals surface area (Å²) in [5, 5.41) is 6.98. The van der Waals surface area contributed by atoms with Gasteiger partial charge in [0.2, 0.25) is 0 Å². The molecular formula is C21H31IN6O. The Hall–Kier alpha value is -1.97. The zero-order valence-electron chi connectivity index (χ0n) is 17.2. The van der Waals surface area contributed by atoms with Crippen molar-refractivity contribution in [2.75, 3.05) is 32.1 Å². The minimum Gasteiger partial charge on any atom is -0.497 e. The van der Waals surface area contributed by atoms with E-state index < -0.39 is 0 Å². The fourth-order valence-corrected chi connectivity index (χ4v) is 4.04. The van der Waals surface area contributed by atoms with Crippen molar-refractivity contribution in [3.05, 3.63) is 42.0 Å². The van der Waals surface area contributed by atoms with E-state index in [4.69, 9.17) is 9.72 Å². The van der Waals surface area contributed by atoms with Crippen molar-refractivity contribution in [1.82, 2.24) is 20.2 Å². The summed E-state index contributed by atoms with van der Waals surface area (Å²) in [6.45, 7) is 3.77. The van der Waals surface area contributed by atoms with Gasteiger partial charge in [-0.1, -0.05) is 6.07 Å². The second kappa shape index (κ2) is 10.2. The molecule has 1 aromatic carbocycles. The van der Waals surface area contributed by atoms with E-state index in [0.717, 1.165) is 49.9 Å². The molecule has 2 aromatic rings. The summed E-state index contributed by atoms with van der Waals surface area (Å²) in [6.07, 6.45) is 6.85. The third-order valence-electron chi connectivity index (χ3n) is 5.57. The van der Waals surface area contributed by atoms with E-state index in [-0.39, 0.29) is 24.0 Å². The van der Waals surface area contributed by atoms with E-state index in [0.29, 0.717) is 12.6 Å². The van der Waals surface area contributed by atoms with Crippen molar-refractivity contribution in [3.8, 4) is 5.75 Å². The van der Waals surface area contributed by atoms with Crippen molar-refractivity contribution in [2.45, 2.75) is 44.8 Å². The molecule has 0 aliphatic carbocycles. The number of ether oxygens (including phenoxy) is 1. The van der Waals surface area contributed by atoms with Crippen LogP contribution in [0, 0.1) is 0 Å². The van der Waals surface area contributed by atoms with Gasteiger partial charge in [-0.2, -0.15) is 0 Å². The number of methoxy groups -OCH3 is 1. The van der Waals surface area contributed by atoms with Gasteiger partial charge in [-0.15, -0.1) is 24.0 Å². The average molecular weight is 510 g/mol. The third kappa shape index (κ3) is 5.34. The highest BCUT2D eigenvalue weighted by atomic mass is 127. The van der Waals surface area contributed by atoms with Crippen molar-refractivity contribution >= 4 is 35.6 Å². The van der Waals surface area contributed by atoms with Crippen LogP contribution in [0.5, 0.6) is 5.75 Å². The largest absolute Gasteiger partial charge is 0.497 e. The van der Waals surface area contributed by atoms with Crippen LogP contribution in [0.2, 0.25) is 0 Å². The van der Waals surface area contributed by atoms with Crippen LogP contribution in [-0.4, -0.2) is 48.8 Å². The molecule has 0 amide bonds. The number of anilines is 1. The highest BCUT2D eigenvalue weighted by Crippen LogP contribution is 2.24. The molecule has 0 spiro atoms. The molecule has 29 heavy (non-hydrogen) atoms. The van der Waals surface area contributed by atoms with Crippen LogP contribution in [0.4, 0.5) is 5.69 Å². The number of nitrogens with zero attached hydrogens (tertiary/aromatic N) is 4. The summed E-state index contributed by atoms with van der Waals surface area (Å²) in [4.78, 5) is 11.5. The van der Waals surface area contributed by atoms with Crippen molar-refractivity contribution < 1.29 is 4.74 Å². The monoisotopic (exact) mass is 510 g/mol. The van der Waals surface area contributed by atoms with Gasteiger partial charge in [0.25, 0.3) is 0 Å². The number of aryl methyl sites for hydroxylation is 2. The molecule has 2 aliphatic heterocycles. The first kappa shape index (κ1) is 21.7. The summed E-state index contributed by atoms with van der Waals surface area (Å²) in [6, 6.07) is 8.62. The van der Waals surface area contributed by atoms with E-state index in [2.05, 4.69) is 43.4 Å². The summed E-state index contributed by atoms with van der Waals surface area (Å²) < 4.78 is 7.64. The molecule has 1 fully saturated rings. The van der Waals surface area contributed by atoms with E-state index in [1.54, 1.807) is 7.11 Å².